The van der Waals surface area contributed by atoms with Crippen molar-refractivity contribution in [3.63, 3.8) is 0 Å². The molecule has 190 valence electrons. The molecule has 2 aromatic heterocycles. The first kappa shape index (κ1) is 24.9. The fraction of sp³-hybridized carbons (Fsp3) is 0.286. The first-order valence-corrected chi connectivity index (χ1v) is 13.0. The maximum absolute atomic E-state index is 13.3. The molecule has 0 spiro atoms. The molecule has 0 bridgehead atoms. The van der Waals surface area contributed by atoms with Crippen LogP contribution < -0.4 is 10.1 Å². The van der Waals surface area contributed by atoms with Gasteiger partial charge in [-0.3, -0.25) is 20.0 Å². The highest BCUT2D eigenvalue weighted by Gasteiger charge is 2.28. The average Bonchev–Trinajstić information content (AvgIpc) is 3.38. The van der Waals surface area contributed by atoms with Crippen molar-refractivity contribution in [3.05, 3.63) is 70.7 Å². The normalized spacial score (nSPS) is 13.4. The number of anilines is 1. The Labute approximate surface area is 219 Å². The van der Waals surface area contributed by atoms with Crippen LogP contribution in [0.4, 0.5) is 5.13 Å². The summed E-state index contributed by atoms with van der Waals surface area (Å²) in [4.78, 5) is 37.6. The summed E-state index contributed by atoms with van der Waals surface area (Å²) < 4.78 is 10.8. The van der Waals surface area contributed by atoms with E-state index in [4.69, 9.17) is 14.5 Å². The number of hydrogen-bond donors (Lipinski definition) is 1. The highest BCUT2D eigenvalue weighted by molar-refractivity contribution is 7.14. The molecule has 0 saturated carbocycles. The van der Waals surface area contributed by atoms with Crippen molar-refractivity contribution in [1.82, 2.24) is 14.9 Å². The number of pyridine rings is 1. The summed E-state index contributed by atoms with van der Waals surface area (Å²) in [6.45, 7) is 5.37. The fourth-order valence-electron chi connectivity index (χ4n) is 4.49. The number of benzene rings is 2. The first-order valence-electron chi connectivity index (χ1n) is 12.1. The lowest BCUT2D eigenvalue weighted by molar-refractivity contribution is -0.119. The SMILES string of the molecule is COc1cccc(-c2csc(NC(=O)COC(=O)c3c4c(nc5ccccc35)CCN(C(C)C)C4)n2)c1. The Bertz CT molecular complexity index is 1470. The number of rotatable bonds is 7. The molecular weight excluding hydrogens is 488 g/mol. The zero-order valence-corrected chi connectivity index (χ0v) is 21.8. The largest absolute Gasteiger partial charge is 0.497 e. The summed E-state index contributed by atoms with van der Waals surface area (Å²) in [5, 5.41) is 5.75. The Morgan fingerprint density at radius 2 is 1.97 bits per heavy atom. The lowest BCUT2D eigenvalue weighted by atomic mass is 9.95. The second kappa shape index (κ2) is 10.7. The van der Waals surface area contributed by atoms with E-state index in [1.165, 1.54) is 11.3 Å². The molecule has 0 aliphatic carbocycles. The summed E-state index contributed by atoms with van der Waals surface area (Å²) in [6, 6.07) is 15.4. The van der Waals surface area contributed by atoms with Gasteiger partial charge in [-0.1, -0.05) is 30.3 Å². The van der Waals surface area contributed by atoms with E-state index in [9.17, 15) is 9.59 Å². The van der Waals surface area contributed by atoms with Gasteiger partial charge in [0.05, 0.1) is 23.9 Å². The number of carbonyl (C=O) groups excluding carboxylic acids is 2. The summed E-state index contributed by atoms with van der Waals surface area (Å²) in [6.07, 6.45) is 0.763. The van der Waals surface area contributed by atoms with Gasteiger partial charge in [0.15, 0.2) is 11.7 Å². The van der Waals surface area contributed by atoms with E-state index in [2.05, 4.69) is 29.0 Å². The van der Waals surface area contributed by atoms with Crippen LogP contribution in [-0.4, -0.2) is 53.0 Å². The van der Waals surface area contributed by atoms with Gasteiger partial charge in [0.2, 0.25) is 0 Å². The van der Waals surface area contributed by atoms with Gasteiger partial charge in [0.25, 0.3) is 5.91 Å². The van der Waals surface area contributed by atoms with E-state index in [1.54, 1.807) is 7.11 Å². The van der Waals surface area contributed by atoms with Crippen LogP contribution in [0.25, 0.3) is 22.2 Å². The topological polar surface area (TPSA) is 93.6 Å². The summed E-state index contributed by atoms with van der Waals surface area (Å²) >= 11 is 1.30. The number of ether oxygens (including phenoxy) is 2. The monoisotopic (exact) mass is 516 g/mol. The van der Waals surface area contributed by atoms with Gasteiger partial charge in [0.1, 0.15) is 5.75 Å². The molecule has 5 rings (SSSR count). The predicted octanol–water partition coefficient (Wildman–Crippen LogP) is 4.93. The van der Waals surface area contributed by atoms with Gasteiger partial charge < -0.3 is 9.47 Å². The third kappa shape index (κ3) is 5.33. The first-order chi connectivity index (χ1) is 17.9. The molecule has 1 aliphatic rings. The molecule has 0 atom stereocenters. The van der Waals surface area contributed by atoms with E-state index in [0.29, 0.717) is 23.3 Å². The molecular formula is C28H28N4O4S. The molecule has 8 nitrogen and oxygen atoms in total. The van der Waals surface area contributed by atoms with Crippen molar-refractivity contribution >= 4 is 39.2 Å². The maximum atomic E-state index is 13.3. The molecule has 37 heavy (non-hydrogen) atoms. The second-order valence-corrected chi connectivity index (χ2v) is 10.00. The summed E-state index contributed by atoms with van der Waals surface area (Å²) in [5.74, 6) is -0.243. The van der Waals surface area contributed by atoms with Crippen molar-refractivity contribution < 1.29 is 19.1 Å². The highest BCUT2D eigenvalue weighted by atomic mass is 32.1. The molecule has 0 saturated heterocycles. The number of para-hydroxylation sites is 1. The lowest BCUT2D eigenvalue weighted by Gasteiger charge is -2.32. The third-order valence-corrected chi connectivity index (χ3v) is 7.22. The minimum Gasteiger partial charge on any atom is -0.497 e. The Balaban J connectivity index is 1.31. The number of thiazole rings is 1. The summed E-state index contributed by atoms with van der Waals surface area (Å²) in [7, 11) is 1.61. The molecule has 0 unspecified atom stereocenters. The zero-order valence-electron chi connectivity index (χ0n) is 21.0. The number of nitrogens with one attached hydrogen (secondary N) is 1. The van der Waals surface area contributed by atoms with E-state index < -0.39 is 18.5 Å². The van der Waals surface area contributed by atoms with Crippen LogP contribution in [0.1, 0.15) is 35.5 Å². The van der Waals surface area contributed by atoms with Crippen LogP contribution in [0.5, 0.6) is 5.75 Å². The molecule has 9 heteroatoms. The van der Waals surface area contributed by atoms with E-state index >= 15 is 0 Å². The number of amides is 1. The number of hydrogen-bond acceptors (Lipinski definition) is 8. The zero-order chi connectivity index (χ0) is 25.9. The van der Waals surface area contributed by atoms with Gasteiger partial charge in [0, 0.05) is 53.1 Å². The Hall–Kier alpha value is -3.82. The minimum absolute atomic E-state index is 0.342. The van der Waals surface area contributed by atoms with E-state index in [-0.39, 0.29) is 0 Å². The van der Waals surface area contributed by atoms with Crippen molar-refractivity contribution in [3.8, 4) is 17.0 Å². The molecule has 2 aromatic carbocycles. The average molecular weight is 517 g/mol. The highest BCUT2D eigenvalue weighted by Crippen LogP contribution is 2.30. The minimum atomic E-state index is -0.521. The molecule has 0 fully saturated rings. The van der Waals surface area contributed by atoms with Crippen LogP contribution >= 0.6 is 11.3 Å². The quantitative estimate of drug-likeness (QED) is 0.348. The standard InChI is InChI=1S/C28H28N4O4S/c1-17(2)32-12-11-23-21(14-32)26(20-9-4-5-10-22(20)29-23)27(34)36-15-25(33)31-28-30-24(16-37-28)18-7-6-8-19(13-18)35-3/h4-10,13,16-17H,11-12,14-15H2,1-3H3,(H,30,31,33). The van der Waals surface area contributed by atoms with Gasteiger partial charge in [-0.25, -0.2) is 9.78 Å². The molecule has 1 amide bonds. The van der Waals surface area contributed by atoms with Crippen LogP contribution in [-0.2, 0) is 22.5 Å². The number of fused-ring (bicyclic) bond motifs is 2. The van der Waals surface area contributed by atoms with Crippen LogP contribution in [0.3, 0.4) is 0 Å². The van der Waals surface area contributed by atoms with Crippen LogP contribution in [0.15, 0.2) is 53.9 Å². The Kier molecular flexibility index (Phi) is 7.16. The van der Waals surface area contributed by atoms with E-state index in [0.717, 1.165) is 52.1 Å². The molecule has 4 aromatic rings. The number of nitrogens with zero attached hydrogens (tertiary/aromatic N) is 3. The Morgan fingerprint density at radius 1 is 1.14 bits per heavy atom. The second-order valence-electron chi connectivity index (χ2n) is 9.14. The van der Waals surface area contributed by atoms with E-state index in [1.807, 2.05) is 53.9 Å². The maximum Gasteiger partial charge on any atom is 0.339 e. The Morgan fingerprint density at radius 3 is 2.78 bits per heavy atom. The van der Waals surface area contributed by atoms with Crippen molar-refractivity contribution in [2.24, 2.45) is 0 Å². The van der Waals surface area contributed by atoms with Gasteiger partial charge >= 0.3 is 5.97 Å². The van der Waals surface area contributed by atoms with Crippen molar-refractivity contribution in [1.29, 1.82) is 0 Å². The number of methoxy groups -OCH3 is 1. The number of aromatic nitrogens is 2. The number of esters is 1. The third-order valence-electron chi connectivity index (χ3n) is 6.46. The van der Waals surface area contributed by atoms with Gasteiger partial charge in [-0.15, -0.1) is 11.3 Å². The smallest absolute Gasteiger partial charge is 0.339 e. The molecule has 3 heterocycles. The van der Waals surface area contributed by atoms with Crippen LogP contribution in [0.2, 0.25) is 0 Å². The number of carbonyl (C=O) groups is 2. The predicted molar refractivity (Wildman–Crippen MR) is 144 cm³/mol. The fourth-order valence-corrected chi connectivity index (χ4v) is 5.23. The van der Waals surface area contributed by atoms with Gasteiger partial charge in [-0.2, -0.15) is 0 Å². The molecule has 0 radical (unpaired) electrons. The molecule has 1 N–H and O–H groups in total. The molecule has 1 aliphatic heterocycles. The lowest BCUT2D eigenvalue weighted by Crippen LogP contribution is -2.37. The van der Waals surface area contributed by atoms with Crippen molar-refractivity contribution in [2.75, 3.05) is 25.6 Å². The van der Waals surface area contributed by atoms with Crippen LogP contribution in [0, 0.1) is 0 Å². The van der Waals surface area contributed by atoms with Crippen molar-refractivity contribution in [2.45, 2.75) is 32.9 Å². The summed E-state index contributed by atoms with van der Waals surface area (Å²) in [5.41, 5.74) is 4.65. The van der Waals surface area contributed by atoms with Gasteiger partial charge in [-0.05, 0) is 32.0 Å².